The Balaban J connectivity index is 2.45. The average Bonchev–Trinajstić information content (AvgIpc) is 2.80. The van der Waals surface area contributed by atoms with Gasteiger partial charge in [-0.1, -0.05) is 0 Å². The molecule has 0 atom stereocenters. The lowest BCUT2D eigenvalue weighted by Crippen LogP contribution is -2.13. The van der Waals surface area contributed by atoms with Crippen LogP contribution >= 0.6 is 0 Å². The highest BCUT2D eigenvalue weighted by molar-refractivity contribution is 6.11. The number of benzene rings is 1. The summed E-state index contributed by atoms with van der Waals surface area (Å²) in [4.78, 5) is 32.9. The van der Waals surface area contributed by atoms with Crippen molar-refractivity contribution in [2.24, 2.45) is 0 Å². The number of hydrogen-bond donors (Lipinski definition) is 0. The summed E-state index contributed by atoms with van der Waals surface area (Å²) in [5.74, 6) is 0.106. The molecule has 8 nitrogen and oxygen atoms in total. The minimum absolute atomic E-state index is 0.0475. The molecule has 0 aliphatic rings. The van der Waals surface area contributed by atoms with Crippen molar-refractivity contribution in [2.45, 2.75) is 27.2 Å². The van der Waals surface area contributed by atoms with E-state index in [4.69, 9.17) is 14.2 Å². The Morgan fingerprint density at radius 3 is 2.72 bits per heavy atom. The van der Waals surface area contributed by atoms with E-state index in [1.165, 1.54) is 7.11 Å². The summed E-state index contributed by atoms with van der Waals surface area (Å²) < 4.78 is 16.7. The van der Waals surface area contributed by atoms with Gasteiger partial charge in [0.1, 0.15) is 12.0 Å². The smallest absolute Gasteiger partial charge is 0.340 e. The van der Waals surface area contributed by atoms with Gasteiger partial charge in [0.05, 0.1) is 54.1 Å². The van der Waals surface area contributed by atoms with Crippen molar-refractivity contribution in [1.82, 2.24) is 9.97 Å². The van der Waals surface area contributed by atoms with Gasteiger partial charge in [-0.25, -0.2) is 9.78 Å². The monoisotopic (exact) mass is 433 g/mol. The Bertz CT molecular complexity index is 1230. The van der Waals surface area contributed by atoms with Gasteiger partial charge in [0, 0.05) is 23.7 Å². The molecule has 0 aliphatic carbocycles. The Labute approximate surface area is 185 Å². The zero-order chi connectivity index (χ0) is 23.3. The fraction of sp³-hybridized carbons (Fsp3) is 0.292. The molecule has 0 amide bonds. The van der Waals surface area contributed by atoms with Crippen molar-refractivity contribution in [3.8, 4) is 28.8 Å². The van der Waals surface area contributed by atoms with E-state index < -0.39 is 5.97 Å². The predicted molar refractivity (Wildman–Crippen MR) is 118 cm³/mol. The number of carbonyl (C=O) groups excluding carboxylic acids is 2. The molecule has 164 valence electrons. The zero-order valence-corrected chi connectivity index (χ0v) is 18.4. The third-order valence-electron chi connectivity index (χ3n) is 4.89. The molecule has 8 heteroatoms. The van der Waals surface area contributed by atoms with Gasteiger partial charge in [0.25, 0.3) is 0 Å². The van der Waals surface area contributed by atoms with Gasteiger partial charge < -0.3 is 19.0 Å². The lowest BCUT2D eigenvalue weighted by Gasteiger charge is -2.19. The number of hydrogen-bond acceptors (Lipinski definition) is 8. The van der Waals surface area contributed by atoms with E-state index >= 15 is 0 Å². The maximum absolute atomic E-state index is 13.1. The van der Waals surface area contributed by atoms with Gasteiger partial charge >= 0.3 is 5.97 Å². The van der Waals surface area contributed by atoms with E-state index in [-0.39, 0.29) is 18.6 Å². The first kappa shape index (κ1) is 22.7. The molecular formula is C24H23N3O5. The normalized spacial score (nSPS) is 10.5. The van der Waals surface area contributed by atoms with Crippen LogP contribution in [0.25, 0.3) is 22.0 Å². The van der Waals surface area contributed by atoms with Crippen molar-refractivity contribution < 1.29 is 23.8 Å². The first-order chi connectivity index (χ1) is 15.5. The number of aryl methyl sites for hydroxylation is 2. The summed E-state index contributed by atoms with van der Waals surface area (Å²) in [6, 6.07) is 7.04. The molecule has 3 rings (SSSR count). The fourth-order valence-electron chi connectivity index (χ4n) is 3.48. The van der Waals surface area contributed by atoms with Crippen LogP contribution in [0, 0.1) is 25.2 Å². The highest BCUT2D eigenvalue weighted by Gasteiger charge is 2.27. The summed E-state index contributed by atoms with van der Waals surface area (Å²) in [5.41, 5.74) is 3.58. The summed E-state index contributed by atoms with van der Waals surface area (Å²) in [6.07, 6.45) is 2.44. The molecule has 0 unspecified atom stereocenters. The number of carbonyl (C=O) groups is 2. The Kier molecular flexibility index (Phi) is 7.00. The fourth-order valence-corrected chi connectivity index (χ4v) is 3.48. The van der Waals surface area contributed by atoms with Crippen LogP contribution in [-0.4, -0.2) is 42.5 Å². The second-order valence-electron chi connectivity index (χ2n) is 6.97. The van der Waals surface area contributed by atoms with Crippen LogP contribution in [0.4, 0.5) is 0 Å². The number of aldehydes is 1. The lowest BCUT2D eigenvalue weighted by atomic mass is 9.92. The Hall–Kier alpha value is -3.99. The van der Waals surface area contributed by atoms with Gasteiger partial charge in [-0.3, -0.25) is 4.98 Å². The van der Waals surface area contributed by atoms with E-state index in [1.807, 2.05) is 13.8 Å². The minimum atomic E-state index is -0.621. The quantitative estimate of drug-likeness (QED) is 0.298. The van der Waals surface area contributed by atoms with Gasteiger partial charge in [-0.2, -0.15) is 5.26 Å². The van der Waals surface area contributed by atoms with Crippen LogP contribution in [0.3, 0.4) is 0 Å². The van der Waals surface area contributed by atoms with Crippen molar-refractivity contribution in [2.75, 3.05) is 20.3 Å². The molecule has 2 aromatic heterocycles. The third-order valence-corrected chi connectivity index (χ3v) is 4.89. The number of ether oxygens (including phenoxy) is 3. The average molecular weight is 433 g/mol. The molecule has 0 aliphatic heterocycles. The molecule has 0 saturated heterocycles. The van der Waals surface area contributed by atoms with Crippen molar-refractivity contribution in [1.29, 1.82) is 5.26 Å². The van der Waals surface area contributed by atoms with Gasteiger partial charge in [-0.15, -0.1) is 0 Å². The minimum Gasteiger partial charge on any atom is -0.496 e. The number of nitriles is 1. The van der Waals surface area contributed by atoms with Gasteiger partial charge in [-0.05, 0) is 44.5 Å². The number of fused-ring (bicyclic) bond motifs is 1. The first-order valence-corrected chi connectivity index (χ1v) is 10.1. The summed E-state index contributed by atoms with van der Waals surface area (Å²) in [7, 11) is 1.49. The number of nitrogens with zero attached hydrogens (tertiary/aromatic N) is 3. The first-order valence-electron chi connectivity index (χ1n) is 10.1. The number of rotatable bonds is 8. The Morgan fingerprint density at radius 2 is 2.06 bits per heavy atom. The highest BCUT2D eigenvalue weighted by Crippen LogP contribution is 2.42. The number of pyridine rings is 2. The van der Waals surface area contributed by atoms with E-state index in [9.17, 15) is 14.9 Å². The Morgan fingerprint density at radius 1 is 1.28 bits per heavy atom. The topological polar surface area (TPSA) is 111 Å². The number of methoxy groups -OCH3 is 1. The molecule has 0 bridgehead atoms. The molecule has 0 N–H and O–H groups in total. The highest BCUT2D eigenvalue weighted by atomic mass is 16.5. The standard InChI is InChI=1S/C24H23N3O5/c1-5-31-23-21-20(17-8-7-16(12-25)11-18(17)30-4)19(24(29)32-10-6-9-28)15(3)27-22(21)14(2)13-26-23/h7-9,11,13H,5-6,10H2,1-4H3. The molecule has 0 saturated carbocycles. The van der Waals surface area contributed by atoms with Crippen LogP contribution in [-0.2, 0) is 9.53 Å². The van der Waals surface area contributed by atoms with E-state index in [1.54, 1.807) is 31.3 Å². The zero-order valence-electron chi connectivity index (χ0n) is 18.4. The number of esters is 1. The van der Waals surface area contributed by atoms with Crippen molar-refractivity contribution in [3.05, 3.63) is 46.8 Å². The summed E-state index contributed by atoms with van der Waals surface area (Å²) >= 11 is 0. The van der Waals surface area contributed by atoms with Crippen molar-refractivity contribution >= 4 is 23.2 Å². The van der Waals surface area contributed by atoms with Crippen LogP contribution < -0.4 is 9.47 Å². The van der Waals surface area contributed by atoms with Crippen molar-refractivity contribution in [3.63, 3.8) is 0 Å². The molecular weight excluding hydrogens is 410 g/mol. The molecule has 0 radical (unpaired) electrons. The van der Waals surface area contributed by atoms with Gasteiger partial charge in [0.2, 0.25) is 5.88 Å². The van der Waals surface area contributed by atoms with E-state index in [0.717, 1.165) is 5.56 Å². The third kappa shape index (κ3) is 4.23. The molecule has 3 aromatic rings. The largest absolute Gasteiger partial charge is 0.496 e. The van der Waals surface area contributed by atoms with Gasteiger partial charge in [0.15, 0.2) is 0 Å². The number of aromatic nitrogens is 2. The molecule has 32 heavy (non-hydrogen) atoms. The molecule has 2 heterocycles. The lowest BCUT2D eigenvalue weighted by molar-refractivity contribution is -0.108. The summed E-state index contributed by atoms with van der Waals surface area (Å²) in [5, 5.41) is 9.84. The molecule has 0 fully saturated rings. The van der Waals surface area contributed by atoms with Crippen LogP contribution in [0.2, 0.25) is 0 Å². The summed E-state index contributed by atoms with van der Waals surface area (Å²) in [6.45, 7) is 5.75. The van der Waals surface area contributed by atoms with Crippen LogP contribution in [0.15, 0.2) is 24.4 Å². The second kappa shape index (κ2) is 9.88. The van der Waals surface area contributed by atoms with E-state index in [2.05, 4.69) is 16.0 Å². The maximum atomic E-state index is 13.1. The second-order valence-corrected chi connectivity index (χ2v) is 6.97. The maximum Gasteiger partial charge on any atom is 0.340 e. The molecule has 0 spiro atoms. The predicted octanol–water partition coefficient (Wildman–Crippen LogP) is 3.94. The van der Waals surface area contributed by atoms with Crippen LogP contribution in [0.5, 0.6) is 11.6 Å². The van der Waals surface area contributed by atoms with Crippen LogP contribution in [0.1, 0.15) is 40.5 Å². The SMILES string of the molecule is CCOc1ncc(C)c2nc(C)c(C(=O)OCCC=O)c(-c3ccc(C#N)cc3OC)c12. The van der Waals surface area contributed by atoms with E-state index in [0.29, 0.717) is 57.8 Å². The molecule has 1 aromatic carbocycles.